The molecule has 0 saturated carbocycles. The monoisotopic (exact) mass is 278 g/mol. The van der Waals surface area contributed by atoms with Crippen LogP contribution in [0.1, 0.15) is 43.5 Å². The van der Waals surface area contributed by atoms with Crippen LogP contribution in [0, 0.1) is 13.8 Å². The van der Waals surface area contributed by atoms with Gasteiger partial charge in [0, 0.05) is 29.9 Å². The first kappa shape index (κ1) is 17.1. The number of nitrogens with one attached hydrogen (secondary N) is 1. The molecule has 0 spiro atoms. The third-order valence-corrected chi connectivity index (χ3v) is 3.28. The first-order valence-corrected chi connectivity index (χ1v) is 7.42. The van der Waals surface area contributed by atoms with Crippen molar-refractivity contribution in [3.8, 4) is 0 Å². The minimum atomic E-state index is 0.161. The van der Waals surface area contributed by atoms with Crippen molar-refractivity contribution in [1.29, 1.82) is 0 Å². The van der Waals surface area contributed by atoms with Crippen LogP contribution in [0.15, 0.2) is 0 Å². The highest BCUT2D eigenvalue weighted by atomic mass is 15.1. The van der Waals surface area contributed by atoms with Crippen LogP contribution in [0.2, 0.25) is 0 Å². The number of rotatable bonds is 6. The quantitative estimate of drug-likeness (QED) is 0.865. The summed E-state index contributed by atoms with van der Waals surface area (Å²) in [6, 6.07) is 0. The van der Waals surface area contributed by atoms with Crippen molar-refractivity contribution in [3.63, 3.8) is 0 Å². The molecule has 0 radical (unpaired) electrons. The minimum absolute atomic E-state index is 0.161. The Balaban J connectivity index is 2.69. The molecule has 1 rings (SSSR count). The van der Waals surface area contributed by atoms with E-state index in [1.165, 1.54) is 5.56 Å². The van der Waals surface area contributed by atoms with E-state index in [2.05, 4.69) is 68.9 Å². The molecule has 4 heteroatoms. The highest BCUT2D eigenvalue weighted by Gasteiger charge is 2.11. The molecule has 0 atom stereocenters. The normalized spacial score (nSPS) is 12.2. The minimum Gasteiger partial charge on any atom is -0.312 e. The van der Waals surface area contributed by atoms with E-state index < -0.39 is 0 Å². The lowest BCUT2D eigenvalue weighted by Crippen LogP contribution is -2.37. The van der Waals surface area contributed by atoms with Crippen LogP contribution in [-0.4, -0.2) is 47.6 Å². The molecular weight excluding hydrogens is 248 g/mol. The predicted molar refractivity (Wildman–Crippen MR) is 85.2 cm³/mol. The van der Waals surface area contributed by atoms with Gasteiger partial charge in [0.2, 0.25) is 0 Å². The lowest BCUT2D eigenvalue weighted by molar-refractivity contribution is 0.409. The van der Waals surface area contributed by atoms with Gasteiger partial charge in [-0.3, -0.25) is 0 Å². The molecule has 0 saturated heterocycles. The van der Waals surface area contributed by atoms with Crippen LogP contribution < -0.4 is 5.32 Å². The maximum Gasteiger partial charge on any atom is 0.130 e. The third-order valence-electron chi connectivity index (χ3n) is 3.28. The van der Waals surface area contributed by atoms with Crippen molar-refractivity contribution in [1.82, 2.24) is 20.2 Å². The SMILES string of the molecule is Cc1nc(CCN(C)C)nc(C)c1CCNC(C)(C)C. The van der Waals surface area contributed by atoms with Crippen LogP contribution in [0.25, 0.3) is 0 Å². The third kappa shape index (κ3) is 5.97. The fourth-order valence-corrected chi connectivity index (χ4v) is 2.17. The summed E-state index contributed by atoms with van der Waals surface area (Å²) < 4.78 is 0. The fourth-order valence-electron chi connectivity index (χ4n) is 2.17. The molecule has 0 aliphatic carbocycles. The van der Waals surface area contributed by atoms with Gasteiger partial charge < -0.3 is 10.2 Å². The highest BCUT2D eigenvalue weighted by Crippen LogP contribution is 2.12. The summed E-state index contributed by atoms with van der Waals surface area (Å²) in [7, 11) is 4.15. The molecule has 0 aliphatic heterocycles. The lowest BCUT2D eigenvalue weighted by Gasteiger charge is -2.21. The van der Waals surface area contributed by atoms with Gasteiger partial charge in [-0.1, -0.05) is 0 Å². The molecule has 0 aromatic carbocycles. The van der Waals surface area contributed by atoms with Gasteiger partial charge in [-0.25, -0.2) is 9.97 Å². The molecule has 0 amide bonds. The molecule has 20 heavy (non-hydrogen) atoms. The van der Waals surface area contributed by atoms with E-state index in [0.29, 0.717) is 0 Å². The number of likely N-dealkylation sites (N-methyl/N-ethyl adjacent to an activating group) is 1. The molecule has 0 aliphatic rings. The van der Waals surface area contributed by atoms with E-state index in [9.17, 15) is 0 Å². The molecular formula is C16H30N4. The molecule has 1 aromatic heterocycles. The number of aryl methyl sites for hydroxylation is 2. The van der Waals surface area contributed by atoms with Crippen LogP contribution in [0.3, 0.4) is 0 Å². The number of hydrogen-bond donors (Lipinski definition) is 1. The number of hydrogen-bond acceptors (Lipinski definition) is 4. The van der Waals surface area contributed by atoms with Crippen LogP contribution in [-0.2, 0) is 12.8 Å². The second-order valence-electron chi connectivity index (χ2n) is 6.77. The Kier molecular flexibility index (Phi) is 6.08. The average molecular weight is 278 g/mol. The number of aromatic nitrogens is 2. The van der Waals surface area contributed by atoms with Crippen molar-refractivity contribution >= 4 is 0 Å². The average Bonchev–Trinajstić information content (AvgIpc) is 2.28. The van der Waals surface area contributed by atoms with Crippen LogP contribution >= 0.6 is 0 Å². The van der Waals surface area contributed by atoms with E-state index in [1.807, 2.05) is 0 Å². The van der Waals surface area contributed by atoms with Gasteiger partial charge in [0.1, 0.15) is 5.82 Å². The molecule has 0 unspecified atom stereocenters. The summed E-state index contributed by atoms with van der Waals surface area (Å²) in [4.78, 5) is 11.5. The van der Waals surface area contributed by atoms with E-state index in [1.54, 1.807) is 0 Å². The summed E-state index contributed by atoms with van der Waals surface area (Å²) in [6.45, 7) is 12.7. The maximum atomic E-state index is 4.66. The van der Waals surface area contributed by atoms with Gasteiger partial charge in [-0.2, -0.15) is 0 Å². The van der Waals surface area contributed by atoms with Gasteiger partial charge in [0.25, 0.3) is 0 Å². The van der Waals surface area contributed by atoms with Crippen LogP contribution in [0.4, 0.5) is 0 Å². The Labute approximate surface area is 124 Å². The van der Waals surface area contributed by atoms with E-state index in [0.717, 1.165) is 43.1 Å². The van der Waals surface area contributed by atoms with Crippen molar-refractivity contribution < 1.29 is 0 Å². The van der Waals surface area contributed by atoms with Gasteiger partial charge in [-0.05, 0) is 67.2 Å². The molecule has 1 N–H and O–H groups in total. The molecule has 1 aromatic rings. The van der Waals surface area contributed by atoms with Crippen molar-refractivity contribution in [2.45, 2.75) is 53.0 Å². The lowest BCUT2D eigenvalue weighted by atomic mass is 10.1. The summed E-state index contributed by atoms with van der Waals surface area (Å²) >= 11 is 0. The summed E-state index contributed by atoms with van der Waals surface area (Å²) in [5.74, 6) is 0.959. The van der Waals surface area contributed by atoms with E-state index >= 15 is 0 Å². The van der Waals surface area contributed by atoms with Gasteiger partial charge in [0.05, 0.1) is 0 Å². The smallest absolute Gasteiger partial charge is 0.130 e. The maximum absolute atomic E-state index is 4.66. The zero-order valence-corrected chi connectivity index (χ0v) is 14.2. The zero-order chi connectivity index (χ0) is 15.3. The Morgan fingerprint density at radius 2 is 1.55 bits per heavy atom. The fraction of sp³-hybridized carbons (Fsp3) is 0.750. The molecule has 0 bridgehead atoms. The topological polar surface area (TPSA) is 41.1 Å². The predicted octanol–water partition coefficient (Wildman–Crippen LogP) is 2.13. The molecule has 114 valence electrons. The summed E-state index contributed by atoms with van der Waals surface area (Å²) in [5.41, 5.74) is 3.70. The zero-order valence-electron chi connectivity index (χ0n) is 14.2. The van der Waals surface area contributed by atoms with Crippen molar-refractivity contribution in [3.05, 3.63) is 22.8 Å². The molecule has 1 heterocycles. The molecule has 0 fully saturated rings. The molecule has 4 nitrogen and oxygen atoms in total. The van der Waals surface area contributed by atoms with E-state index in [4.69, 9.17) is 0 Å². The van der Waals surface area contributed by atoms with Crippen LogP contribution in [0.5, 0.6) is 0 Å². The Hall–Kier alpha value is -1.00. The van der Waals surface area contributed by atoms with E-state index in [-0.39, 0.29) is 5.54 Å². The van der Waals surface area contributed by atoms with Gasteiger partial charge in [0.15, 0.2) is 0 Å². The highest BCUT2D eigenvalue weighted by molar-refractivity contribution is 5.24. The summed E-state index contributed by atoms with van der Waals surface area (Å²) in [6.07, 6.45) is 1.90. The first-order chi connectivity index (χ1) is 9.19. The first-order valence-electron chi connectivity index (χ1n) is 7.42. The van der Waals surface area contributed by atoms with Gasteiger partial charge >= 0.3 is 0 Å². The number of nitrogens with zero attached hydrogens (tertiary/aromatic N) is 3. The second-order valence-corrected chi connectivity index (χ2v) is 6.77. The van der Waals surface area contributed by atoms with Gasteiger partial charge in [-0.15, -0.1) is 0 Å². The van der Waals surface area contributed by atoms with Crippen molar-refractivity contribution in [2.24, 2.45) is 0 Å². The second kappa shape index (κ2) is 7.14. The Bertz CT molecular complexity index is 410. The Morgan fingerprint density at radius 1 is 1.00 bits per heavy atom. The summed E-state index contributed by atoms with van der Waals surface area (Å²) in [5, 5.41) is 3.52. The Morgan fingerprint density at radius 3 is 2.00 bits per heavy atom. The standard InChI is InChI=1S/C16H30N4/c1-12-14(8-10-17-16(3,4)5)13(2)19-15(18-12)9-11-20(6)7/h17H,8-11H2,1-7H3. The van der Waals surface area contributed by atoms with Crippen molar-refractivity contribution in [2.75, 3.05) is 27.2 Å². The largest absolute Gasteiger partial charge is 0.312 e.